The van der Waals surface area contributed by atoms with E-state index in [2.05, 4.69) is 17.4 Å². The van der Waals surface area contributed by atoms with Gasteiger partial charge < -0.3 is 11.1 Å². The van der Waals surface area contributed by atoms with Gasteiger partial charge in [-0.15, -0.1) is 11.3 Å². The maximum absolute atomic E-state index is 11.6. The molecule has 0 bridgehead atoms. The van der Waals surface area contributed by atoms with Gasteiger partial charge in [-0.1, -0.05) is 24.6 Å². The lowest BCUT2D eigenvalue weighted by molar-refractivity contribution is 0.100. The number of hydrogen-bond acceptors (Lipinski definition) is 3. The maximum atomic E-state index is 11.6. The highest BCUT2D eigenvalue weighted by atomic mass is 32.1. The molecule has 3 N–H and O–H groups in total. The second-order valence-corrected chi connectivity index (χ2v) is 6.17. The lowest BCUT2D eigenvalue weighted by atomic mass is 9.96. The fourth-order valence-corrected chi connectivity index (χ4v) is 3.93. The molecule has 3 rings (SSSR count). The van der Waals surface area contributed by atoms with Crippen molar-refractivity contribution in [2.24, 2.45) is 5.73 Å². The smallest absolute Gasteiger partial charge is 0.259 e. The Balaban J connectivity index is 1.99. The summed E-state index contributed by atoms with van der Waals surface area (Å²) in [6.45, 7) is 1.08. The Bertz CT molecular complexity index is 599. The number of rotatable bonds is 3. The lowest BCUT2D eigenvalue weighted by Crippen LogP contribution is -2.35. The van der Waals surface area contributed by atoms with Gasteiger partial charge >= 0.3 is 0 Å². The normalized spacial score (nSPS) is 19.7. The maximum Gasteiger partial charge on any atom is 0.259 e. The molecule has 1 saturated heterocycles. The summed E-state index contributed by atoms with van der Waals surface area (Å²) in [7, 11) is 0. The highest BCUT2D eigenvalue weighted by molar-refractivity contribution is 7.21. The highest BCUT2D eigenvalue weighted by Crippen LogP contribution is 2.32. The average molecular weight is 274 g/mol. The third-order valence-corrected chi connectivity index (χ3v) is 5.01. The number of fused-ring (bicyclic) bond motifs is 1. The van der Waals surface area contributed by atoms with Crippen LogP contribution in [0.15, 0.2) is 24.3 Å². The van der Waals surface area contributed by atoms with Crippen LogP contribution < -0.4 is 11.1 Å². The topological polar surface area (TPSA) is 55.1 Å². The van der Waals surface area contributed by atoms with E-state index < -0.39 is 0 Å². The Morgan fingerprint density at radius 2 is 2.21 bits per heavy atom. The number of hydrogen-bond donors (Lipinski definition) is 2. The second kappa shape index (κ2) is 5.31. The minimum atomic E-state index is -0.299. The third-order valence-electron chi connectivity index (χ3n) is 3.78. The van der Waals surface area contributed by atoms with Crippen LogP contribution in [0.4, 0.5) is 0 Å². The van der Waals surface area contributed by atoms with E-state index in [1.807, 2.05) is 12.1 Å². The minimum Gasteiger partial charge on any atom is -0.365 e. The zero-order valence-electron chi connectivity index (χ0n) is 10.8. The van der Waals surface area contributed by atoms with Crippen molar-refractivity contribution in [3.63, 3.8) is 0 Å². The van der Waals surface area contributed by atoms with Crippen molar-refractivity contribution in [2.45, 2.75) is 31.7 Å². The van der Waals surface area contributed by atoms with Crippen LogP contribution in [0.1, 0.15) is 34.5 Å². The summed E-state index contributed by atoms with van der Waals surface area (Å²) in [5.74, 6) is -0.299. The molecule has 2 heterocycles. The first kappa shape index (κ1) is 12.6. The molecule has 0 aliphatic carbocycles. The lowest BCUT2D eigenvalue weighted by Gasteiger charge is -2.23. The molecular formula is C15H18N2OS. The van der Waals surface area contributed by atoms with E-state index in [0.717, 1.165) is 28.1 Å². The molecule has 1 fully saturated rings. The van der Waals surface area contributed by atoms with Crippen LogP contribution in [0.3, 0.4) is 0 Å². The zero-order valence-corrected chi connectivity index (χ0v) is 11.6. The molecule has 1 amide bonds. The van der Waals surface area contributed by atoms with Crippen molar-refractivity contribution < 1.29 is 4.79 Å². The highest BCUT2D eigenvalue weighted by Gasteiger charge is 2.20. The number of carbonyl (C=O) groups is 1. The molecule has 1 atom stereocenters. The molecule has 4 heteroatoms. The van der Waals surface area contributed by atoms with Crippen LogP contribution in [0.2, 0.25) is 0 Å². The predicted molar refractivity (Wildman–Crippen MR) is 79.7 cm³/mol. The summed E-state index contributed by atoms with van der Waals surface area (Å²) in [6.07, 6.45) is 4.61. The van der Waals surface area contributed by atoms with Gasteiger partial charge in [-0.2, -0.15) is 0 Å². The second-order valence-electron chi connectivity index (χ2n) is 5.12. The molecule has 1 aliphatic rings. The van der Waals surface area contributed by atoms with Crippen LogP contribution in [0, 0.1) is 0 Å². The molecule has 2 aromatic rings. The SMILES string of the molecule is NC(=O)c1sc2ccccc2c1CC1CCCCN1. The molecule has 1 aromatic carbocycles. The molecule has 19 heavy (non-hydrogen) atoms. The summed E-state index contributed by atoms with van der Waals surface area (Å²) in [6, 6.07) is 8.66. The fourth-order valence-electron chi connectivity index (χ4n) is 2.85. The van der Waals surface area contributed by atoms with Crippen molar-refractivity contribution in [3.8, 4) is 0 Å². The largest absolute Gasteiger partial charge is 0.365 e. The Morgan fingerprint density at radius 3 is 2.95 bits per heavy atom. The molecule has 1 unspecified atom stereocenters. The first-order valence-electron chi connectivity index (χ1n) is 6.79. The number of amides is 1. The van der Waals surface area contributed by atoms with Gasteiger partial charge in [0.15, 0.2) is 0 Å². The summed E-state index contributed by atoms with van der Waals surface area (Å²) < 4.78 is 1.15. The van der Waals surface area contributed by atoms with Crippen LogP contribution >= 0.6 is 11.3 Å². The summed E-state index contributed by atoms with van der Waals surface area (Å²) in [5.41, 5.74) is 6.67. The molecule has 100 valence electrons. The van der Waals surface area contributed by atoms with Gasteiger partial charge in [0.2, 0.25) is 0 Å². The molecular weight excluding hydrogens is 256 g/mol. The van der Waals surface area contributed by atoms with Crippen molar-refractivity contribution in [2.75, 3.05) is 6.54 Å². The number of benzene rings is 1. The number of thiophene rings is 1. The summed E-state index contributed by atoms with van der Waals surface area (Å²) >= 11 is 1.52. The van der Waals surface area contributed by atoms with Gasteiger partial charge in [-0.05, 0) is 42.8 Å². The van der Waals surface area contributed by atoms with Gasteiger partial charge in [-0.3, -0.25) is 4.79 Å². The minimum absolute atomic E-state index is 0.299. The Labute approximate surface area is 116 Å². The fraction of sp³-hybridized carbons (Fsp3) is 0.400. The predicted octanol–water partition coefficient (Wildman–Crippen LogP) is 2.68. The van der Waals surface area contributed by atoms with E-state index in [-0.39, 0.29) is 5.91 Å². The molecule has 0 radical (unpaired) electrons. The van der Waals surface area contributed by atoms with Crippen LogP contribution in [0.25, 0.3) is 10.1 Å². The Hall–Kier alpha value is -1.39. The molecule has 1 aliphatic heterocycles. The van der Waals surface area contributed by atoms with Crippen LogP contribution in [0.5, 0.6) is 0 Å². The number of carbonyl (C=O) groups excluding carboxylic acids is 1. The molecule has 0 saturated carbocycles. The van der Waals surface area contributed by atoms with Crippen molar-refractivity contribution in [1.82, 2.24) is 5.32 Å². The standard InChI is InChI=1S/C15H18N2OS/c16-15(18)14-12(9-10-5-3-4-8-17-10)11-6-1-2-7-13(11)19-14/h1-2,6-7,10,17H,3-5,8-9H2,(H2,16,18). The van der Waals surface area contributed by atoms with E-state index in [1.165, 1.54) is 36.0 Å². The van der Waals surface area contributed by atoms with Crippen molar-refractivity contribution in [1.29, 1.82) is 0 Å². The first-order chi connectivity index (χ1) is 9.25. The molecule has 3 nitrogen and oxygen atoms in total. The first-order valence-corrected chi connectivity index (χ1v) is 7.61. The van der Waals surface area contributed by atoms with Crippen LogP contribution in [-0.2, 0) is 6.42 Å². The van der Waals surface area contributed by atoms with Crippen LogP contribution in [-0.4, -0.2) is 18.5 Å². The van der Waals surface area contributed by atoms with Crippen molar-refractivity contribution >= 4 is 27.3 Å². The number of piperidine rings is 1. The van der Waals surface area contributed by atoms with Crippen molar-refractivity contribution in [3.05, 3.63) is 34.7 Å². The number of nitrogens with two attached hydrogens (primary N) is 1. The van der Waals surface area contributed by atoms with Gasteiger partial charge in [0, 0.05) is 10.7 Å². The van der Waals surface area contributed by atoms with E-state index >= 15 is 0 Å². The van der Waals surface area contributed by atoms with Gasteiger partial charge in [-0.25, -0.2) is 0 Å². The third kappa shape index (κ3) is 2.51. The Morgan fingerprint density at radius 1 is 1.37 bits per heavy atom. The zero-order chi connectivity index (χ0) is 13.2. The summed E-state index contributed by atoms with van der Waals surface area (Å²) in [5, 5.41) is 4.73. The average Bonchev–Trinajstić information content (AvgIpc) is 2.79. The van der Waals surface area contributed by atoms with E-state index in [0.29, 0.717) is 6.04 Å². The van der Waals surface area contributed by atoms with Gasteiger partial charge in [0.25, 0.3) is 5.91 Å². The quantitative estimate of drug-likeness (QED) is 0.904. The molecule has 0 spiro atoms. The number of nitrogens with one attached hydrogen (secondary N) is 1. The van der Waals surface area contributed by atoms with E-state index in [4.69, 9.17) is 5.73 Å². The van der Waals surface area contributed by atoms with Gasteiger partial charge in [0.1, 0.15) is 0 Å². The summed E-state index contributed by atoms with van der Waals surface area (Å²) in [4.78, 5) is 12.4. The molecule has 1 aromatic heterocycles. The van der Waals surface area contributed by atoms with Gasteiger partial charge in [0.05, 0.1) is 4.88 Å². The number of primary amides is 1. The Kier molecular flexibility index (Phi) is 3.53. The monoisotopic (exact) mass is 274 g/mol. The van der Waals surface area contributed by atoms with E-state index in [1.54, 1.807) is 0 Å². The van der Waals surface area contributed by atoms with E-state index in [9.17, 15) is 4.79 Å².